The Morgan fingerprint density at radius 3 is 2.41 bits per heavy atom. The van der Waals surface area contributed by atoms with Crippen LogP contribution in [0.15, 0.2) is 0 Å². The first-order valence-corrected chi connectivity index (χ1v) is 7.27. The number of hydrogen-bond donors (Lipinski definition) is 2. The van der Waals surface area contributed by atoms with E-state index in [2.05, 4.69) is 12.2 Å². The van der Waals surface area contributed by atoms with E-state index in [0.29, 0.717) is 0 Å². The minimum atomic E-state index is 0.229. The molecule has 0 spiro atoms. The fraction of sp³-hybridized carbons (Fsp3) is 0.929. The molecule has 0 bridgehead atoms. The fourth-order valence-corrected chi connectivity index (χ4v) is 2.45. The van der Waals surface area contributed by atoms with E-state index in [1.807, 2.05) is 0 Å². The highest BCUT2D eigenvalue weighted by molar-refractivity contribution is 5.78. The Labute approximate surface area is 106 Å². The maximum Gasteiger partial charge on any atom is 0.223 e. The van der Waals surface area contributed by atoms with Gasteiger partial charge in [-0.2, -0.15) is 0 Å². The van der Waals surface area contributed by atoms with Gasteiger partial charge in [-0.15, -0.1) is 0 Å². The maximum absolute atomic E-state index is 12.0. The Morgan fingerprint density at radius 2 is 1.82 bits per heavy atom. The Bertz CT molecular complexity index is 210. The fourth-order valence-electron chi connectivity index (χ4n) is 2.45. The van der Waals surface area contributed by atoms with Crippen molar-refractivity contribution < 1.29 is 4.79 Å². The second-order valence-electron chi connectivity index (χ2n) is 5.29. The van der Waals surface area contributed by atoms with Gasteiger partial charge in [-0.05, 0) is 25.7 Å². The molecule has 100 valence electrons. The minimum absolute atomic E-state index is 0.229. The molecule has 1 fully saturated rings. The molecule has 1 saturated carbocycles. The van der Waals surface area contributed by atoms with Crippen LogP contribution in [0.1, 0.15) is 64.7 Å². The number of carbonyl (C=O) groups excluding carboxylic acids is 1. The van der Waals surface area contributed by atoms with Gasteiger partial charge < -0.3 is 11.1 Å². The number of nitrogens with one attached hydrogen (secondary N) is 1. The van der Waals surface area contributed by atoms with E-state index >= 15 is 0 Å². The van der Waals surface area contributed by atoms with E-state index in [4.69, 9.17) is 5.73 Å². The van der Waals surface area contributed by atoms with Gasteiger partial charge in [0.05, 0.1) is 0 Å². The normalized spacial score (nSPS) is 20.4. The molecule has 0 heterocycles. The molecule has 1 rings (SSSR count). The molecule has 17 heavy (non-hydrogen) atoms. The summed E-state index contributed by atoms with van der Waals surface area (Å²) in [6.07, 6.45) is 10.4. The lowest BCUT2D eigenvalue weighted by Gasteiger charge is -2.19. The van der Waals surface area contributed by atoms with Gasteiger partial charge in [-0.3, -0.25) is 4.79 Å². The van der Waals surface area contributed by atoms with Crippen molar-refractivity contribution in [2.24, 2.45) is 11.7 Å². The molecular weight excluding hydrogens is 212 g/mol. The molecule has 0 aliphatic heterocycles. The van der Waals surface area contributed by atoms with Crippen LogP contribution in [0, 0.1) is 5.92 Å². The van der Waals surface area contributed by atoms with Crippen LogP contribution >= 0.6 is 0 Å². The van der Waals surface area contributed by atoms with Gasteiger partial charge >= 0.3 is 0 Å². The predicted molar refractivity (Wildman–Crippen MR) is 71.7 cm³/mol. The van der Waals surface area contributed by atoms with Gasteiger partial charge in [0, 0.05) is 18.5 Å². The minimum Gasteiger partial charge on any atom is -0.356 e. The highest BCUT2D eigenvalue weighted by atomic mass is 16.1. The van der Waals surface area contributed by atoms with Crippen molar-refractivity contribution in [3.05, 3.63) is 0 Å². The zero-order valence-electron chi connectivity index (χ0n) is 11.2. The standard InChI is InChI=1S/C14H28N2O/c1-2-13(15)10-11-16-14(17)12-8-6-4-3-5-7-9-12/h12-13H,2-11,15H2,1H3,(H,16,17). The van der Waals surface area contributed by atoms with E-state index in [-0.39, 0.29) is 17.9 Å². The van der Waals surface area contributed by atoms with E-state index in [9.17, 15) is 4.79 Å². The van der Waals surface area contributed by atoms with Crippen LogP contribution in [-0.4, -0.2) is 18.5 Å². The third kappa shape index (κ3) is 6.06. The zero-order chi connectivity index (χ0) is 12.5. The number of amides is 1. The summed E-state index contributed by atoms with van der Waals surface area (Å²) in [5.74, 6) is 0.517. The van der Waals surface area contributed by atoms with Crippen molar-refractivity contribution in [1.29, 1.82) is 0 Å². The van der Waals surface area contributed by atoms with Crippen LogP contribution in [-0.2, 0) is 4.79 Å². The van der Waals surface area contributed by atoms with E-state index in [1.54, 1.807) is 0 Å². The van der Waals surface area contributed by atoms with Crippen LogP contribution in [0.25, 0.3) is 0 Å². The summed E-state index contributed by atoms with van der Waals surface area (Å²) >= 11 is 0. The van der Waals surface area contributed by atoms with Crippen LogP contribution in [0.5, 0.6) is 0 Å². The van der Waals surface area contributed by atoms with Gasteiger partial charge in [-0.25, -0.2) is 0 Å². The Hall–Kier alpha value is -0.570. The van der Waals surface area contributed by atoms with Crippen molar-refractivity contribution in [3.63, 3.8) is 0 Å². The summed E-state index contributed by atoms with van der Waals surface area (Å²) in [5, 5.41) is 3.05. The molecule has 1 unspecified atom stereocenters. The van der Waals surface area contributed by atoms with Gasteiger partial charge in [-0.1, -0.05) is 39.0 Å². The molecule has 3 nitrogen and oxygen atoms in total. The lowest BCUT2D eigenvalue weighted by atomic mass is 9.90. The number of rotatable bonds is 5. The van der Waals surface area contributed by atoms with Crippen LogP contribution in [0.3, 0.4) is 0 Å². The average Bonchev–Trinajstić information content (AvgIpc) is 2.28. The van der Waals surface area contributed by atoms with Crippen molar-refractivity contribution in [2.45, 2.75) is 70.8 Å². The van der Waals surface area contributed by atoms with Gasteiger partial charge in [0.1, 0.15) is 0 Å². The summed E-state index contributed by atoms with van der Waals surface area (Å²) in [6, 6.07) is 0.229. The monoisotopic (exact) mass is 240 g/mol. The van der Waals surface area contributed by atoms with Crippen molar-refractivity contribution >= 4 is 5.91 Å². The van der Waals surface area contributed by atoms with Crippen LogP contribution < -0.4 is 11.1 Å². The Morgan fingerprint density at radius 1 is 1.24 bits per heavy atom. The third-order valence-electron chi connectivity index (χ3n) is 3.81. The zero-order valence-corrected chi connectivity index (χ0v) is 11.2. The molecule has 3 heteroatoms. The Kier molecular flexibility index (Phi) is 7.25. The van der Waals surface area contributed by atoms with E-state index in [1.165, 1.54) is 32.1 Å². The number of carbonyl (C=O) groups is 1. The molecule has 0 aromatic heterocycles. The summed E-state index contributed by atoms with van der Waals surface area (Å²) in [7, 11) is 0. The molecule has 3 N–H and O–H groups in total. The van der Waals surface area contributed by atoms with E-state index < -0.39 is 0 Å². The molecule has 0 radical (unpaired) electrons. The molecule has 0 aromatic rings. The topological polar surface area (TPSA) is 55.1 Å². The van der Waals surface area contributed by atoms with Gasteiger partial charge in [0.15, 0.2) is 0 Å². The predicted octanol–water partition coefficient (Wildman–Crippen LogP) is 2.59. The molecule has 1 atom stereocenters. The average molecular weight is 240 g/mol. The largest absolute Gasteiger partial charge is 0.356 e. The molecule has 0 aromatic carbocycles. The lowest BCUT2D eigenvalue weighted by molar-refractivity contribution is -0.125. The number of nitrogens with two attached hydrogens (primary N) is 1. The van der Waals surface area contributed by atoms with Crippen LogP contribution in [0.2, 0.25) is 0 Å². The highest BCUT2D eigenvalue weighted by Crippen LogP contribution is 2.22. The van der Waals surface area contributed by atoms with Crippen molar-refractivity contribution in [2.75, 3.05) is 6.54 Å². The van der Waals surface area contributed by atoms with Crippen molar-refractivity contribution in [1.82, 2.24) is 5.32 Å². The summed E-state index contributed by atoms with van der Waals surface area (Å²) in [5.41, 5.74) is 5.83. The lowest BCUT2D eigenvalue weighted by Crippen LogP contribution is -2.34. The van der Waals surface area contributed by atoms with E-state index in [0.717, 1.165) is 32.2 Å². The first kappa shape index (κ1) is 14.5. The Balaban J connectivity index is 2.20. The number of hydrogen-bond acceptors (Lipinski definition) is 2. The second-order valence-corrected chi connectivity index (χ2v) is 5.29. The third-order valence-corrected chi connectivity index (χ3v) is 3.81. The second kappa shape index (κ2) is 8.51. The van der Waals surface area contributed by atoms with Crippen LogP contribution in [0.4, 0.5) is 0 Å². The molecular formula is C14H28N2O. The maximum atomic E-state index is 12.0. The molecule has 0 saturated heterocycles. The first-order valence-electron chi connectivity index (χ1n) is 7.27. The summed E-state index contributed by atoms with van der Waals surface area (Å²) in [6.45, 7) is 2.83. The summed E-state index contributed by atoms with van der Waals surface area (Å²) < 4.78 is 0. The molecule has 1 amide bonds. The van der Waals surface area contributed by atoms with Gasteiger partial charge in [0.25, 0.3) is 0 Å². The first-order chi connectivity index (χ1) is 8.24. The van der Waals surface area contributed by atoms with Crippen molar-refractivity contribution in [3.8, 4) is 0 Å². The van der Waals surface area contributed by atoms with Gasteiger partial charge in [0.2, 0.25) is 5.91 Å². The molecule has 1 aliphatic rings. The SMILES string of the molecule is CCC(N)CCNC(=O)C1CCCCCCC1. The highest BCUT2D eigenvalue weighted by Gasteiger charge is 2.18. The smallest absolute Gasteiger partial charge is 0.223 e. The summed E-state index contributed by atoms with van der Waals surface area (Å²) in [4.78, 5) is 12.0. The molecule has 1 aliphatic carbocycles. The quantitative estimate of drug-likeness (QED) is 0.776.